The van der Waals surface area contributed by atoms with Crippen LogP contribution in [-0.4, -0.2) is 13.1 Å². The maximum Gasteiger partial charge on any atom is 0.339 e. The minimum absolute atomic E-state index is 0.401. The van der Waals surface area contributed by atoms with Crippen LogP contribution >= 0.6 is 43.5 Å². The molecule has 1 rings (SSSR count). The second-order valence-electron chi connectivity index (χ2n) is 2.55. The zero-order valence-corrected chi connectivity index (χ0v) is 11.2. The molecule has 1 aromatic carbocycles. The Balaban J connectivity index is 3.29. The van der Waals surface area contributed by atoms with E-state index in [-0.39, 0.29) is 0 Å². The van der Waals surface area contributed by atoms with Gasteiger partial charge in [0.1, 0.15) is 0 Å². The number of carbonyl (C=O) groups is 1. The molecule has 0 saturated carbocycles. The van der Waals surface area contributed by atoms with E-state index in [1.807, 2.05) is 0 Å². The van der Waals surface area contributed by atoms with Crippen molar-refractivity contribution in [2.75, 3.05) is 7.11 Å². The van der Waals surface area contributed by atoms with Gasteiger partial charge in [-0.3, -0.25) is 0 Å². The van der Waals surface area contributed by atoms with Gasteiger partial charge in [0.05, 0.1) is 12.7 Å². The Hall–Kier alpha value is -0.0600. The molecule has 0 aliphatic carbocycles. The molecule has 0 heterocycles. The van der Waals surface area contributed by atoms with Crippen LogP contribution in [0.3, 0.4) is 0 Å². The van der Waals surface area contributed by atoms with Crippen LogP contribution in [0.15, 0.2) is 16.6 Å². The fourth-order valence-electron chi connectivity index (χ4n) is 1.00. The van der Waals surface area contributed by atoms with Crippen LogP contribution in [0, 0.1) is 0 Å². The van der Waals surface area contributed by atoms with E-state index in [1.165, 1.54) is 7.11 Å². The number of benzene rings is 1. The van der Waals surface area contributed by atoms with Crippen molar-refractivity contribution in [2.45, 2.75) is 5.33 Å². The van der Waals surface area contributed by atoms with Crippen molar-refractivity contribution >= 4 is 49.4 Å². The first kappa shape index (κ1) is 12.0. The maximum absolute atomic E-state index is 11.3. The fraction of sp³-hybridized carbons (Fsp3) is 0.222. The highest BCUT2D eigenvalue weighted by molar-refractivity contribution is 9.10. The first-order valence-electron chi connectivity index (χ1n) is 3.72. The molecule has 14 heavy (non-hydrogen) atoms. The van der Waals surface area contributed by atoms with Gasteiger partial charge >= 0.3 is 5.97 Å². The van der Waals surface area contributed by atoms with E-state index in [0.717, 1.165) is 5.56 Å². The number of carbonyl (C=O) groups excluding carboxylic acids is 1. The van der Waals surface area contributed by atoms with Gasteiger partial charge in [0.15, 0.2) is 0 Å². The normalized spacial score (nSPS) is 10.0. The van der Waals surface area contributed by atoms with Crippen molar-refractivity contribution in [1.82, 2.24) is 0 Å². The molecule has 0 bridgehead atoms. The first-order chi connectivity index (χ1) is 6.60. The van der Waals surface area contributed by atoms with Crippen molar-refractivity contribution in [3.63, 3.8) is 0 Å². The molecule has 0 N–H and O–H groups in total. The Morgan fingerprint density at radius 1 is 1.57 bits per heavy atom. The molecular formula is C9H7Br2ClO2. The average molecular weight is 342 g/mol. The lowest BCUT2D eigenvalue weighted by molar-refractivity contribution is 0.0599. The molecule has 0 amide bonds. The lowest BCUT2D eigenvalue weighted by Gasteiger charge is -2.07. The third-order valence-corrected chi connectivity index (χ3v) is 3.42. The first-order valence-corrected chi connectivity index (χ1v) is 6.01. The van der Waals surface area contributed by atoms with Gasteiger partial charge in [-0.05, 0) is 33.6 Å². The van der Waals surface area contributed by atoms with Crippen LogP contribution in [0.4, 0.5) is 0 Å². The molecule has 0 unspecified atom stereocenters. The van der Waals surface area contributed by atoms with E-state index in [2.05, 4.69) is 36.6 Å². The van der Waals surface area contributed by atoms with Gasteiger partial charge in [0.25, 0.3) is 0 Å². The van der Waals surface area contributed by atoms with Gasteiger partial charge in [0.2, 0.25) is 0 Å². The molecule has 0 aromatic heterocycles. The number of hydrogen-bond acceptors (Lipinski definition) is 2. The summed E-state index contributed by atoms with van der Waals surface area (Å²) in [7, 11) is 1.34. The quantitative estimate of drug-likeness (QED) is 0.604. The lowest BCUT2D eigenvalue weighted by atomic mass is 10.1. The average Bonchev–Trinajstić information content (AvgIpc) is 2.19. The van der Waals surface area contributed by atoms with Crippen molar-refractivity contribution in [3.05, 3.63) is 32.8 Å². The summed E-state index contributed by atoms with van der Waals surface area (Å²) in [5, 5.41) is 1.14. The number of esters is 1. The molecule has 0 aliphatic rings. The number of hydrogen-bond donors (Lipinski definition) is 0. The van der Waals surface area contributed by atoms with Crippen LogP contribution in [-0.2, 0) is 10.1 Å². The zero-order chi connectivity index (χ0) is 10.7. The highest BCUT2D eigenvalue weighted by atomic mass is 79.9. The zero-order valence-electron chi connectivity index (χ0n) is 7.31. The third-order valence-electron chi connectivity index (χ3n) is 1.66. The smallest absolute Gasteiger partial charge is 0.339 e. The van der Waals surface area contributed by atoms with Gasteiger partial charge in [-0.25, -0.2) is 4.79 Å². The highest BCUT2D eigenvalue weighted by Crippen LogP contribution is 2.28. The minimum atomic E-state index is -0.401. The molecule has 0 aliphatic heterocycles. The lowest BCUT2D eigenvalue weighted by Crippen LogP contribution is -2.03. The van der Waals surface area contributed by atoms with Gasteiger partial charge in [0, 0.05) is 14.8 Å². The maximum atomic E-state index is 11.3. The molecule has 5 heteroatoms. The largest absolute Gasteiger partial charge is 0.465 e. The Morgan fingerprint density at radius 2 is 2.21 bits per heavy atom. The topological polar surface area (TPSA) is 26.3 Å². The summed E-state index contributed by atoms with van der Waals surface area (Å²) in [6.45, 7) is 0. The molecule has 0 atom stereocenters. The Kier molecular flexibility index (Phi) is 4.41. The number of alkyl halides is 1. The highest BCUT2D eigenvalue weighted by Gasteiger charge is 2.14. The Morgan fingerprint density at radius 3 is 2.71 bits per heavy atom. The van der Waals surface area contributed by atoms with Gasteiger partial charge in [-0.1, -0.05) is 27.5 Å². The molecule has 2 nitrogen and oxygen atoms in total. The SMILES string of the molecule is COC(=O)c1cc(Cl)cc(CBr)c1Br. The summed E-state index contributed by atoms with van der Waals surface area (Å²) in [6.07, 6.45) is 0. The summed E-state index contributed by atoms with van der Waals surface area (Å²) >= 11 is 12.5. The van der Waals surface area contributed by atoms with Gasteiger partial charge in [-0.2, -0.15) is 0 Å². The monoisotopic (exact) mass is 340 g/mol. The van der Waals surface area contributed by atoms with E-state index in [1.54, 1.807) is 12.1 Å². The van der Waals surface area contributed by atoms with E-state index < -0.39 is 5.97 Å². The molecule has 1 aromatic rings. The number of rotatable bonds is 2. The van der Waals surface area contributed by atoms with E-state index in [9.17, 15) is 4.79 Å². The molecular weight excluding hydrogens is 335 g/mol. The van der Waals surface area contributed by atoms with Gasteiger partial charge in [-0.15, -0.1) is 0 Å². The molecule has 0 saturated heterocycles. The minimum Gasteiger partial charge on any atom is -0.465 e. The van der Waals surface area contributed by atoms with E-state index >= 15 is 0 Å². The molecule has 0 spiro atoms. The van der Waals surface area contributed by atoms with Crippen LogP contribution in [0.25, 0.3) is 0 Å². The Labute approximate surface area is 104 Å². The predicted octanol–water partition coefficient (Wildman–Crippen LogP) is 3.78. The standard InChI is InChI=1S/C9H7Br2ClO2/c1-14-9(13)7-3-6(12)2-5(4-10)8(7)11/h2-3H,4H2,1H3. The molecule has 0 radical (unpaired) electrons. The summed E-state index contributed by atoms with van der Waals surface area (Å²) in [6, 6.07) is 3.36. The van der Waals surface area contributed by atoms with Gasteiger partial charge < -0.3 is 4.74 Å². The molecule has 76 valence electrons. The second kappa shape index (κ2) is 5.14. The van der Waals surface area contributed by atoms with Crippen LogP contribution in [0.1, 0.15) is 15.9 Å². The fourth-order valence-corrected chi connectivity index (χ4v) is 2.59. The number of methoxy groups -OCH3 is 1. The third kappa shape index (κ3) is 2.49. The van der Waals surface area contributed by atoms with Crippen LogP contribution in [0.2, 0.25) is 5.02 Å². The van der Waals surface area contributed by atoms with Crippen molar-refractivity contribution in [1.29, 1.82) is 0 Å². The van der Waals surface area contributed by atoms with Crippen molar-refractivity contribution in [2.24, 2.45) is 0 Å². The van der Waals surface area contributed by atoms with E-state index in [4.69, 9.17) is 11.6 Å². The van der Waals surface area contributed by atoms with Crippen LogP contribution < -0.4 is 0 Å². The molecule has 0 fully saturated rings. The summed E-state index contributed by atoms with van der Waals surface area (Å²) in [5.74, 6) is -0.401. The summed E-state index contributed by atoms with van der Waals surface area (Å²) < 4.78 is 5.34. The Bertz CT molecular complexity index is 366. The van der Waals surface area contributed by atoms with Crippen molar-refractivity contribution in [3.8, 4) is 0 Å². The van der Waals surface area contributed by atoms with Crippen molar-refractivity contribution < 1.29 is 9.53 Å². The number of halogens is 3. The summed E-state index contributed by atoms with van der Waals surface area (Å²) in [5.41, 5.74) is 1.35. The number of ether oxygens (including phenoxy) is 1. The van der Waals surface area contributed by atoms with Crippen LogP contribution in [0.5, 0.6) is 0 Å². The predicted molar refractivity (Wildman–Crippen MR) is 63.1 cm³/mol. The summed E-state index contributed by atoms with van der Waals surface area (Å²) in [4.78, 5) is 11.3. The van der Waals surface area contributed by atoms with E-state index in [0.29, 0.717) is 20.4 Å². The second-order valence-corrected chi connectivity index (χ2v) is 4.34.